The third kappa shape index (κ3) is 4.01. The zero-order valence-corrected chi connectivity index (χ0v) is 12.5. The lowest BCUT2D eigenvalue weighted by molar-refractivity contribution is -0.139. The van der Waals surface area contributed by atoms with Gasteiger partial charge in [-0.05, 0) is 42.5 Å². The first-order valence-electron chi connectivity index (χ1n) is 6.40. The van der Waals surface area contributed by atoms with Gasteiger partial charge in [-0.2, -0.15) is 0 Å². The van der Waals surface area contributed by atoms with Crippen LogP contribution in [0.4, 0.5) is 0 Å². The Labute approximate surface area is 130 Å². The van der Waals surface area contributed by atoms with Crippen molar-refractivity contribution < 1.29 is 24.2 Å². The molecule has 1 aromatic rings. The highest BCUT2D eigenvalue weighted by Gasteiger charge is 2.22. The first-order valence-corrected chi connectivity index (χ1v) is 7.22. The number of nitrogens with one attached hydrogen (secondary N) is 2. The van der Waals surface area contributed by atoms with Gasteiger partial charge in [0.1, 0.15) is 0 Å². The number of carboxylic acid groups (broad SMARTS) is 1. The van der Waals surface area contributed by atoms with Crippen molar-refractivity contribution in [3.8, 4) is 11.5 Å². The van der Waals surface area contributed by atoms with E-state index in [-0.39, 0.29) is 11.1 Å². The van der Waals surface area contributed by atoms with Crippen molar-refractivity contribution in [1.82, 2.24) is 5.32 Å². The van der Waals surface area contributed by atoms with Gasteiger partial charge >= 0.3 is 5.97 Å². The Bertz CT molecular complexity index is 657. The summed E-state index contributed by atoms with van der Waals surface area (Å²) in [5.41, 5.74) is 0.693. The van der Waals surface area contributed by atoms with E-state index in [1.807, 2.05) is 0 Å². The first-order chi connectivity index (χ1) is 10.5. The fourth-order valence-electron chi connectivity index (χ4n) is 1.73. The van der Waals surface area contributed by atoms with Crippen LogP contribution in [0.1, 0.15) is 12.5 Å². The predicted molar refractivity (Wildman–Crippen MR) is 82.2 cm³/mol. The lowest BCUT2D eigenvalue weighted by Crippen LogP contribution is -2.18. The molecule has 0 radical (unpaired) electrons. The highest BCUT2D eigenvalue weighted by atomic mass is 32.2. The van der Waals surface area contributed by atoms with Gasteiger partial charge in [-0.25, -0.2) is 4.79 Å². The molecule has 1 fully saturated rings. The highest BCUT2D eigenvalue weighted by molar-refractivity contribution is 8.18. The number of amidine groups is 1. The third-order valence-corrected chi connectivity index (χ3v) is 3.41. The van der Waals surface area contributed by atoms with Crippen LogP contribution in [0.25, 0.3) is 6.08 Å². The van der Waals surface area contributed by atoms with Crippen LogP contribution >= 0.6 is 11.8 Å². The van der Waals surface area contributed by atoms with Crippen LogP contribution in [0.5, 0.6) is 11.5 Å². The number of carboxylic acids is 1. The minimum atomic E-state index is -1.08. The van der Waals surface area contributed by atoms with Gasteiger partial charge in [-0.1, -0.05) is 6.07 Å². The number of ether oxygens (including phenoxy) is 2. The summed E-state index contributed by atoms with van der Waals surface area (Å²) >= 11 is 1.04. The highest BCUT2D eigenvalue weighted by Crippen LogP contribution is 2.31. The van der Waals surface area contributed by atoms with Gasteiger partial charge in [0.2, 0.25) is 0 Å². The van der Waals surface area contributed by atoms with Crippen molar-refractivity contribution in [2.75, 3.05) is 13.2 Å². The molecule has 1 aromatic carbocycles. The summed E-state index contributed by atoms with van der Waals surface area (Å²) < 4.78 is 10.6. The van der Waals surface area contributed by atoms with E-state index in [9.17, 15) is 9.59 Å². The van der Waals surface area contributed by atoms with Crippen LogP contribution in [0.15, 0.2) is 23.1 Å². The number of aliphatic carboxylic acids is 1. The van der Waals surface area contributed by atoms with Crippen LogP contribution in [0, 0.1) is 5.41 Å². The fourth-order valence-corrected chi connectivity index (χ4v) is 2.44. The van der Waals surface area contributed by atoms with Gasteiger partial charge in [0.15, 0.2) is 23.3 Å². The summed E-state index contributed by atoms with van der Waals surface area (Å²) in [5, 5.41) is 18.5. The number of carbonyl (C=O) groups excluding carboxylic acids is 1. The summed E-state index contributed by atoms with van der Waals surface area (Å²) in [6.45, 7) is 1.73. The Morgan fingerprint density at radius 2 is 2.18 bits per heavy atom. The van der Waals surface area contributed by atoms with Gasteiger partial charge in [-0.15, -0.1) is 0 Å². The minimum Gasteiger partial charge on any atom is -0.490 e. The minimum absolute atomic E-state index is 0.0858. The Balaban J connectivity index is 2.25. The average molecular weight is 322 g/mol. The molecular formula is C14H14N2O5S. The molecule has 2 rings (SSSR count). The molecule has 1 heterocycles. The second-order valence-corrected chi connectivity index (χ2v) is 5.27. The third-order valence-electron chi connectivity index (χ3n) is 2.58. The van der Waals surface area contributed by atoms with Gasteiger partial charge in [-0.3, -0.25) is 10.2 Å². The molecule has 7 nitrogen and oxygen atoms in total. The molecule has 1 aliphatic rings. The molecule has 0 bridgehead atoms. The quantitative estimate of drug-likeness (QED) is 0.688. The Kier molecular flexibility index (Phi) is 5.05. The smallest absolute Gasteiger partial charge is 0.341 e. The zero-order chi connectivity index (χ0) is 16.1. The van der Waals surface area contributed by atoms with E-state index in [4.69, 9.17) is 20.0 Å². The number of hydrogen-bond donors (Lipinski definition) is 3. The molecule has 0 spiro atoms. The van der Waals surface area contributed by atoms with Crippen molar-refractivity contribution in [2.45, 2.75) is 6.92 Å². The van der Waals surface area contributed by atoms with E-state index in [0.717, 1.165) is 11.8 Å². The standard InChI is InChI=1S/C14H14N2O5S/c1-2-20-10-5-8(3-4-9(10)21-7-12(17)18)6-11-13(19)16-14(15)22-11/h3-6H,2,7H2,1H3,(H,17,18)(H2,15,16,19)/b11-6-. The number of amides is 1. The summed E-state index contributed by atoms with van der Waals surface area (Å²) in [4.78, 5) is 22.6. The molecule has 22 heavy (non-hydrogen) atoms. The van der Waals surface area contributed by atoms with E-state index in [1.165, 1.54) is 0 Å². The molecule has 0 aromatic heterocycles. The molecule has 0 aliphatic carbocycles. The van der Waals surface area contributed by atoms with Crippen LogP contribution in [-0.2, 0) is 9.59 Å². The Hall–Kier alpha value is -2.48. The second-order valence-electron chi connectivity index (χ2n) is 4.22. The van der Waals surface area contributed by atoms with Crippen LogP contribution < -0.4 is 14.8 Å². The Morgan fingerprint density at radius 3 is 2.77 bits per heavy atom. The van der Waals surface area contributed by atoms with Crippen LogP contribution in [0.3, 0.4) is 0 Å². The molecule has 116 valence electrons. The molecule has 0 saturated carbocycles. The zero-order valence-electron chi connectivity index (χ0n) is 11.7. The van der Waals surface area contributed by atoms with Crippen molar-refractivity contribution in [1.29, 1.82) is 5.41 Å². The van der Waals surface area contributed by atoms with Crippen molar-refractivity contribution >= 4 is 34.9 Å². The normalized spacial score (nSPS) is 15.8. The van der Waals surface area contributed by atoms with E-state index in [0.29, 0.717) is 28.6 Å². The number of hydrogen-bond acceptors (Lipinski definition) is 6. The molecule has 1 amide bonds. The van der Waals surface area contributed by atoms with Crippen molar-refractivity contribution in [2.24, 2.45) is 0 Å². The van der Waals surface area contributed by atoms with Gasteiger partial charge < -0.3 is 19.9 Å². The average Bonchev–Trinajstić information content (AvgIpc) is 2.76. The van der Waals surface area contributed by atoms with E-state index < -0.39 is 12.6 Å². The summed E-state index contributed by atoms with van der Waals surface area (Å²) in [6.07, 6.45) is 1.63. The molecule has 8 heteroatoms. The number of thioether (sulfide) groups is 1. The monoisotopic (exact) mass is 322 g/mol. The maximum atomic E-state index is 11.6. The van der Waals surface area contributed by atoms with Gasteiger partial charge in [0.05, 0.1) is 11.5 Å². The predicted octanol–water partition coefficient (Wildman–Crippen LogP) is 1.69. The van der Waals surface area contributed by atoms with Crippen LogP contribution in [-0.4, -0.2) is 35.4 Å². The topological polar surface area (TPSA) is 109 Å². The van der Waals surface area contributed by atoms with E-state index in [2.05, 4.69) is 5.32 Å². The van der Waals surface area contributed by atoms with Gasteiger partial charge in [0, 0.05) is 0 Å². The SMILES string of the molecule is CCOc1cc(/C=C2\SC(=N)NC2=O)ccc1OCC(=O)O. The largest absolute Gasteiger partial charge is 0.490 e. The molecule has 1 saturated heterocycles. The summed E-state index contributed by atoms with van der Waals surface area (Å²) in [6, 6.07) is 4.93. The fraction of sp³-hybridized carbons (Fsp3) is 0.214. The number of benzene rings is 1. The lowest BCUT2D eigenvalue weighted by Gasteiger charge is -2.11. The molecular weight excluding hydrogens is 308 g/mol. The summed E-state index contributed by atoms with van der Waals surface area (Å²) in [5.74, 6) is -0.676. The maximum absolute atomic E-state index is 11.6. The second kappa shape index (κ2) is 6.99. The van der Waals surface area contributed by atoms with Crippen molar-refractivity contribution in [3.63, 3.8) is 0 Å². The van der Waals surface area contributed by atoms with E-state index >= 15 is 0 Å². The Morgan fingerprint density at radius 1 is 1.41 bits per heavy atom. The molecule has 3 N–H and O–H groups in total. The number of carbonyl (C=O) groups is 2. The lowest BCUT2D eigenvalue weighted by atomic mass is 10.2. The number of rotatable bonds is 6. The van der Waals surface area contributed by atoms with Crippen molar-refractivity contribution in [3.05, 3.63) is 28.7 Å². The molecule has 1 aliphatic heterocycles. The maximum Gasteiger partial charge on any atom is 0.341 e. The van der Waals surface area contributed by atoms with Gasteiger partial charge in [0.25, 0.3) is 5.91 Å². The first kappa shape index (κ1) is 15.9. The van der Waals surface area contributed by atoms with Crippen LogP contribution in [0.2, 0.25) is 0 Å². The van der Waals surface area contributed by atoms with E-state index in [1.54, 1.807) is 31.2 Å². The molecule has 0 unspecified atom stereocenters. The molecule has 0 atom stereocenters. The summed E-state index contributed by atoms with van der Waals surface area (Å²) in [7, 11) is 0.